The van der Waals surface area contributed by atoms with Crippen LogP contribution in [0.1, 0.15) is 11.1 Å². The number of carbonyl (C=O) groups excluding carboxylic acids is 1. The molecule has 0 aliphatic carbocycles. The topological polar surface area (TPSA) is 64.2 Å². The Bertz CT molecular complexity index is 1270. The Hall–Kier alpha value is -3.26. The van der Waals surface area contributed by atoms with E-state index in [9.17, 15) is 9.18 Å². The Labute approximate surface area is 186 Å². The molecule has 3 heterocycles. The van der Waals surface area contributed by atoms with Crippen LogP contribution in [0.3, 0.4) is 0 Å². The van der Waals surface area contributed by atoms with Gasteiger partial charge in [-0.1, -0.05) is 29.4 Å². The zero-order chi connectivity index (χ0) is 21.4. The molecule has 1 amide bonds. The molecule has 0 radical (unpaired) electrons. The van der Waals surface area contributed by atoms with E-state index < -0.39 is 0 Å². The highest BCUT2D eigenvalue weighted by molar-refractivity contribution is 9.10. The number of amides is 1. The van der Waals surface area contributed by atoms with E-state index in [1.807, 2.05) is 35.4 Å². The maximum Gasteiger partial charge on any atom is 0.274 e. The predicted octanol–water partition coefficient (Wildman–Crippen LogP) is 4.69. The maximum absolute atomic E-state index is 13.5. The highest BCUT2D eigenvalue weighted by atomic mass is 79.9. The van der Waals surface area contributed by atoms with Gasteiger partial charge in [0.05, 0.1) is 4.47 Å². The molecule has 0 atom stereocenters. The van der Waals surface area contributed by atoms with Crippen molar-refractivity contribution in [2.75, 3.05) is 6.54 Å². The van der Waals surface area contributed by atoms with Gasteiger partial charge in [-0.2, -0.15) is 4.98 Å². The quantitative estimate of drug-likeness (QED) is 0.424. The van der Waals surface area contributed by atoms with Crippen molar-refractivity contribution in [3.8, 4) is 23.0 Å². The lowest BCUT2D eigenvalue weighted by Crippen LogP contribution is -2.38. The number of rotatable bonds is 4. The summed E-state index contributed by atoms with van der Waals surface area (Å²) in [5.74, 6) is 0.328. The molecule has 4 aromatic rings. The summed E-state index contributed by atoms with van der Waals surface area (Å²) in [5.41, 5.74) is 3.79. The van der Waals surface area contributed by atoms with Crippen molar-refractivity contribution in [1.29, 1.82) is 0 Å². The van der Waals surface area contributed by atoms with Crippen LogP contribution in [0.5, 0.6) is 0 Å². The predicted molar refractivity (Wildman–Crippen MR) is 116 cm³/mol. The number of hydrogen-bond donors (Lipinski definition) is 0. The van der Waals surface area contributed by atoms with Crippen LogP contribution in [-0.2, 0) is 24.3 Å². The van der Waals surface area contributed by atoms with E-state index >= 15 is 0 Å². The van der Waals surface area contributed by atoms with E-state index in [1.165, 1.54) is 17.2 Å². The first-order valence-corrected chi connectivity index (χ1v) is 10.7. The summed E-state index contributed by atoms with van der Waals surface area (Å²) in [7, 11) is 0. The highest BCUT2D eigenvalue weighted by Gasteiger charge is 2.22. The van der Waals surface area contributed by atoms with Crippen LogP contribution >= 0.6 is 15.9 Å². The zero-order valence-corrected chi connectivity index (χ0v) is 18.0. The second-order valence-corrected chi connectivity index (χ2v) is 8.26. The molecular weight excluding hydrogens is 463 g/mol. The minimum atomic E-state index is -0.361. The molecule has 2 aromatic heterocycles. The third kappa shape index (κ3) is 3.90. The van der Waals surface area contributed by atoms with Gasteiger partial charge >= 0.3 is 0 Å². The lowest BCUT2D eigenvalue weighted by Gasteiger charge is -2.29. The fourth-order valence-electron chi connectivity index (χ4n) is 3.78. The van der Waals surface area contributed by atoms with E-state index in [1.54, 1.807) is 16.7 Å². The summed E-state index contributed by atoms with van der Waals surface area (Å²) < 4.78 is 21.1. The molecule has 31 heavy (non-hydrogen) atoms. The van der Waals surface area contributed by atoms with E-state index in [-0.39, 0.29) is 18.3 Å². The Kier molecular flexibility index (Phi) is 5.15. The summed E-state index contributed by atoms with van der Waals surface area (Å²) in [6, 6.07) is 16.4. The lowest BCUT2D eigenvalue weighted by atomic mass is 10.00. The molecule has 5 rings (SSSR count). The van der Waals surface area contributed by atoms with Crippen molar-refractivity contribution in [1.82, 2.24) is 19.6 Å². The van der Waals surface area contributed by atoms with Gasteiger partial charge in [-0.3, -0.25) is 4.79 Å². The summed E-state index contributed by atoms with van der Waals surface area (Å²) in [6.45, 7) is 1.51. The summed E-state index contributed by atoms with van der Waals surface area (Å²) in [6.07, 6.45) is 2.68. The second kappa shape index (κ2) is 8.11. The monoisotopic (exact) mass is 480 g/mol. The van der Waals surface area contributed by atoms with E-state index in [2.05, 4.69) is 38.2 Å². The Balaban J connectivity index is 1.34. The first kappa shape index (κ1) is 19.7. The third-order valence-electron chi connectivity index (χ3n) is 5.44. The van der Waals surface area contributed by atoms with Gasteiger partial charge in [0.2, 0.25) is 11.7 Å². The van der Waals surface area contributed by atoms with Gasteiger partial charge in [0, 0.05) is 24.8 Å². The van der Waals surface area contributed by atoms with Crippen LogP contribution in [0, 0.1) is 5.82 Å². The number of aromatic nitrogens is 3. The number of carbonyl (C=O) groups is 1. The largest absolute Gasteiger partial charge is 0.336 e. The lowest BCUT2D eigenvalue weighted by molar-refractivity contribution is -0.132. The normalized spacial score (nSPS) is 13.3. The Morgan fingerprint density at radius 3 is 2.81 bits per heavy atom. The molecule has 2 aromatic carbocycles. The fourth-order valence-corrected chi connectivity index (χ4v) is 4.16. The van der Waals surface area contributed by atoms with Gasteiger partial charge in [-0.15, -0.1) is 0 Å². The van der Waals surface area contributed by atoms with Crippen molar-refractivity contribution in [3.05, 3.63) is 82.2 Å². The van der Waals surface area contributed by atoms with Crippen LogP contribution < -0.4 is 0 Å². The van der Waals surface area contributed by atoms with Gasteiger partial charge < -0.3 is 14.0 Å². The third-order valence-corrected chi connectivity index (χ3v) is 6.05. The molecule has 8 heteroatoms. The molecular formula is C23H18BrFN4O2. The summed E-state index contributed by atoms with van der Waals surface area (Å²) in [4.78, 5) is 19.3. The fraction of sp³-hybridized carbons (Fsp3) is 0.174. The molecule has 0 saturated carbocycles. The number of fused-ring (bicyclic) bond motifs is 1. The number of hydrogen-bond acceptors (Lipinski definition) is 4. The minimum Gasteiger partial charge on any atom is -0.336 e. The second-order valence-electron chi connectivity index (χ2n) is 7.41. The molecule has 156 valence electrons. The van der Waals surface area contributed by atoms with Crippen molar-refractivity contribution in [2.24, 2.45) is 0 Å². The molecule has 6 nitrogen and oxygen atoms in total. The average molecular weight is 481 g/mol. The van der Waals surface area contributed by atoms with E-state index in [4.69, 9.17) is 4.52 Å². The summed E-state index contributed by atoms with van der Waals surface area (Å²) in [5, 5.41) is 4.01. The number of halogens is 2. The van der Waals surface area contributed by atoms with E-state index in [0.29, 0.717) is 40.5 Å². The zero-order valence-electron chi connectivity index (χ0n) is 16.5. The van der Waals surface area contributed by atoms with Crippen molar-refractivity contribution < 1.29 is 13.7 Å². The van der Waals surface area contributed by atoms with Crippen molar-refractivity contribution in [3.63, 3.8) is 0 Å². The van der Waals surface area contributed by atoms with Crippen LogP contribution in [-0.4, -0.2) is 32.1 Å². The Morgan fingerprint density at radius 2 is 1.97 bits per heavy atom. The van der Waals surface area contributed by atoms with Crippen LogP contribution in [0.4, 0.5) is 4.39 Å². The molecule has 0 unspecified atom stereocenters. The minimum absolute atomic E-state index is 0.0363. The van der Waals surface area contributed by atoms with E-state index in [0.717, 1.165) is 6.42 Å². The van der Waals surface area contributed by atoms with Gasteiger partial charge in [0.25, 0.3) is 5.89 Å². The SMILES string of the molecule is O=C(Cn1cccc1-c1nc(-c2ccc(F)c(Br)c2)no1)N1CCc2ccccc2C1. The first-order chi connectivity index (χ1) is 15.1. The molecule has 0 N–H and O–H groups in total. The molecule has 1 aliphatic heterocycles. The molecule has 0 bridgehead atoms. The van der Waals surface area contributed by atoms with Crippen LogP contribution in [0.15, 0.2) is 69.8 Å². The van der Waals surface area contributed by atoms with Crippen LogP contribution in [0.2, 0.25) is 0 Å². The van der Waals surface area contributed by atoms with Gasteiger partial charge in [0.1, 0.15) is 18.1 Å². The van der Waals surface area contributed by atoms with Gasteiger partial charge in [-0.25, -0.2) is 4.39 Å². The van der Waals surface area contributed by atoms with Crippen molar-refractivity contribution >= 4 is 21.8 Å². The number of benzene rings is 2. The Morgan fingerprint density at radius 1 is 1.13 bits per heavy atom. The highest BCUT2D eigenvalue weighted by Crippen LogP contribution is 2.26. The van der Waals surface area contributed by atoms with Crippen LogP contribution in [0.25, 0.3) is 23.0 Å². The first-order valence-electron chi connectivity index (χ1n) is 9.88. The maximum atomic E-state index is 13.5. The van der Waals surface area contributed by atoms with Crippen molar-refractivity contribution in [2.45, 2.75) is 19.5 Å². The smallest absolute Gasteiger partial charge is 0.274 e. The molecule has 0 saturated heterocycles. The summed E-state index contributed by atoms with van der Waals surface area (Å²) >= 11 is 3.17. The van der Waals surface area contributed by atoms with Gasteiger partial charge in [-0.05, 0) is 63.8 Å². The molecule has 0 spiro atoms. The molecule has 1 aliphatic rings. The molecule has 0 fully saturated rings. The number of nitrogens with zero attached hydrogens (tertiary/aromatic N) is 4. The van der Waals surface area contributed by atoms with Gasteiger partial charge in [0.15, 0.2) is 0 Å². The average Bonchev–Trinajstić information content (AvgIpc) is 3.45. The standard InChI is InChI=1S/C23H18BrFN4O2/c24-18-12-16(7-8-19(18)25)22-26-23(31-27-22)20-6-3-10-28(20)14-21(30)29-11-9-15-4-1-2-5-17(15)13-29/h1-8,10,12H,9,11,13-14H2.